The third kappa shape index (κ3) is 4.54. The van der Waals surface area contributed by atoms with Crippen LogP contribution in [0.1, 0.15) is 22.3 Å². The molecule has 2 heteroatoms. The first-order valence-corrected chi connectivity index (χ1v) is 11.9. The molecule has 172 valence electrons. The fourth-order valence-corrected chi connectivity index (χ4v) is 4.64. The number of anilines is 4. The number of para-hydroxylation sites is 4. The third-order valence-electron chi connectivity index (χ3n) is 6.29. The minimum atomic E-state index is 0.579. The summed E-state index contributed by atoms with van der Waals surface area (Å²) in [5.41, 5.74) is 9.45. The molecule has 0 radical (unpaired) electrons. The molecule has 0 N–H and O–H groups in total. The van der Waals surface area contributed by atoms with E-state index in [2.05, 4.69) is 94.5 Å². The molecule has 0 aliphatic carbocycles. The zero-order valence-corrected chi connectivity index (χ0v) is 20.0. The minimum Gasteiger partial charge on any atom is -0.329 e. The van der Waals surface area contributed by atoms with Gasteiger partial charge in [0.25, 0.3) is 0 Å². The molecule has 2 nitrogen and oxygen atoms in total. The zero-order chi connectivity index (χ0) is 24.7. The van der Waals surface area contributed by atoms with Gasteiger partial charge >= 0.3 is 0 Å². The van der Waals surface area contributed by atoms with Crippen molar-refractivity contribution in [3.05, 3.63) is 119 Å². The molecule has 4 aromatic rings. The van der Waals surface area contributed by atoms with Crippen LogP contribution in [0.25, 0.3) is 24.3 Å². The maximum absolute atomic E-state index is 5.51. The van der Waals surface area contributed by atoms with Crippen LogP contribution in [0.5, 0.6) is 0 Å². The molecule has 0 fully saturated rings. The molecule has 0 aromatic heterocycles. The number of benzene rings is 4. The van der Waals surface area contributed by atoms with E-state index in [1.807, 2.05) is 48.5 Å². The van der Waals surface area contributed by atoms with Gasteiger partial charge in [-0.05, 0) is 46.5 Å². The van der Waals surface area contributed by atoms with Crippen molar-refractivity contribution < 1.29 is 0 Å². The van der Waals surface area contributed by atoms with Crippen LogP contribution in [-0.2, 0) is 0 Å². The zero-order valence-electron chi connectivity index (χ0n) is 20.0. The minimum absolute atomic E-state index is 0.579. The van der Waals surface area contributed by atoms with Crippen LogP contribution in [0, 0.1) is 24.7 Å². The standard InChI is InChI=1S/2C17H13N/c2*1-2-13-18-16-9-5-3-7-14(16)11-12-15-8-4-6-10-17(15)18/h2*1,3-12H,13H2. The van der Waals surface area contributed by atoms with Gasteiger partial charge in [0.15, 0.2) is 0 Å². The highest BCUT2D eigenvalue weighted by atomic mass is 15.1. The van der Waals surface area contributed by atoms with Gasteiger partial charge in [-0.2, -0.15) is 0 Å². The Labute approximate surface area is 213 Å². The summed E-state index contributed by atoms with van der Waals surface area (Å²) in [5, 5.41) is 0. The summed E-state index contributed by atoms with van der Waals surface area (Å²) in [7, 11) is 0. The van der Waals surface area contributed by atoms with Gasteiger partial charge in [0.1, 0.15) is 0 Å². The normalized spacial score (nSPS) is 12.3. The highest BCUT2D eigenvalue weighted by Crippen LogP contribution is 2.36. The van der Waals surface area contributed by atoms with Gasteiger partial charge in [0.05, 0.1) is 13.1 Å². The van der Waals surface area contributed by atoms with Crippen molar-refractivity contribution in [1.29, 1.82) is 0 Å². The van der Waals surface area contributed by atoms with Crippen LogP contribution in [0.2, 0.25) is 0 Å². The topological polar surface area (TPSA) is 6.48 Å². The molecule has 2 aliphatic heterocycles. The molecule has 0 unspecified atom stereocenters. The lowest BCUT2D eigenvalue weighted by Gasteiger charge is -2.24. The second-order valence-corrected chi connectivity index (χ2v) is 8.48. The van der Waals surface area contributed by atoms with Crippen LogP contribution in [0.3, 0.4) is 0 Å². The van der Waals surface area contributed by atoms with Gasteiger partial charge in [-0.15, -0.1) is 12.8 Å². The fourth-order valence-electron chi connectivity index (χ4n) is 4.64. The highest BCUT2D eigenvalue weighted by molar-refractivity contribution is 5.90. The molecule has 0 saturated carbocycles. The van der Waals surface area contributed by atoms with E-state index in [1.165, 1.54) is 22.3 Å². The number of nitrogens with zero attached hydrogens (tertiary/aromatic N) is 2. The van der Waals surface area contributed by atoms with Crippen molar-refractivity contribution in [3.8, 4) is 24.7 Å². The molecule has 2 aliphatic rings. The molecule has 0 spiro atoms. The second kappa shape index (κ2) is 10.6. The summed E-state index contributed by atoms with van der Waals surface area (Å²) in [5.74, 6) is 5.49. The average Bonchev–Trinajstić information content (AvgIpc) is 3.19. The first kappa shape index (κ1) is 22.9. The van der Waals surface area contributed by atoms with Gasteiger partial charge in [-0.1, -0.05) is 109 Å². The molecule has 0 saturated heterocycles. The first-order chi connectivity index (χ1) is 17.8. The van der Waals surface area contributed by atoms with E-state index in [0.717, 1.165) is 22.7 Å². The Kier molecular flexibility index (Phi) is 6.70. The van der Waals surface area contributed by atoms with Gasteiger partial charge < -0.3 is 9.80 Å². The Balaban J connectivity index is 0.000000148. The van der Waals surface area contributed by atoms with E-state index in [0.29, 0.717) is 13.1 Å². The van der Waals surface area contributed by atoms with E-state index < -0.39 is 0 Å². The molecule has 6 rings (SSSR count). The van der Waals surface area contributed by atoms with Gasteiger partial charge in [0, 0.05) is 22.7 Å². The summed E-state index contributed by atoms with van der Waals surface area (Å²) in [4.78, 5) is 4.37. The van der Waals surface area contributed by atoms with E-state index in [1.54, 1.807) is 0 Å². The number of rotatable bonds is 2. The molecule has 4 aromatic carbocycles. The Hall–Kier alpha value is -4.92. The van der Waals surface area contributed by atoms with Crippen LogP contribution in [0.4, 0.5) is 22.7 Å². The molecular weight excluding hydrogens is 436 g/mol. The lowest BCUT2D eigenvalue weighted by atomic mass is 10.1. The summed E-state index contributed by atoms with van der Waals surface area (Å²) in [6.45, 7) is 1.16. The monoisotopic (exact) mass is 462 g/mol. The molecule has 0 atom stereocenters. The smallest absolute Gasteiger partial charge is 0.0841 e. The van der Waals surface area contributed by atoms with Crippen molar-refractivity contribution in [2.45, 2.75) is 0 Å². The lowest BCUT2D eigenvalue weighted by Crippen LogP contribution is -2.18. The van der Waals surface area contributed by atoms with Crippen LogP contribution < -0.4 is 9.80 Å². The number of hydrogen-bond acceptors (Lipinski definition) is 2. The maximum Gasteiger partial charge on any atom is 0.0841 e. The highest BCUT2D eigenvalue weighted by Gasteiger charge is 2.17. The fraction of sp³-hybridized carbons (Fsp3) is 0.0588. The predicted molar refractivity (Wildman–Crippen MR) is 155 cm³/mol. The quantitative estimate of drug-likeness (QED) is 0.280. The molecule has 0 amide bonds. The van der Waals surface area contributed by atoms with Crippen LogP contribution in [0.15, 0.2) is 97.1 Å². The average molecular weight is 463 g/mol. The largest absolute Gasteiger partial charge is 0.329 e. The Morgan fingerprint density at radius 1 is 0.417 bits per heavy atom. The molecule has 0 bridgehead atoms. The first-order valence-electron chi connectivity index (χ1n) is 11.9. The lowest BCUT2D eigenvalue weighted by molar-refractivity contribution is 1.12. The van der Waals surface area contributed by atoms with Crippen LogP contribution in [-0.4, -0.2) is 13.1 Å². The Bertz CT molecular complexity index is 1310. The van der Waals surface area contributed by atoms with Crippen molar-refractivity contribution in [2.75, 3.05) is 22.9 Å². The van der Waals surface area contributed by atoms with E-state index >= 15 is 0 Å². The van der Waals surface area contributed by atoms with Crippen molar-refractivity contribution in [2.24, 2.45) is 0 Å². The van der Waals surface area contributed by atoms with E-state index in [-0.39, 0.29) is 0 Å². The van der Waals surface area contributed by atoms with Crippen molar-refractivity contribution in [1.82, 2.24) is 0 Å². The predicted octanol–water partition coefficient (Wildman–Crippen LogP) is 7.88. The SMILES string of the molecule is C#CCN1c2ccccc2C=Cc2ccccc21.C#CCN1c2ccccc2C=Cc2ccccc21. The Morgan fingerprint density at radius 3 is 0.917 bits per heavy atom. The summed E-state index contributed by atoms with van der Waals surface area (Å²) >= 11 is 0. The summed E-state index contributed by atoms with van der Waals surface area (Å²) in [6.07, 6.45) is 19.6. The number of fused-ring (bicyclic) bond motifs is 4. The summed E-state index contributed by atoms with van der Waals surface area (Å²) < 4.78 is 0. The van der Waals surface area contributed by atoms with Crippen molar-refractivity contribution in [3.63, 3.8) is 0 Å². The van der Waals surface area contributed by atoms with E-state index in [4.69, 9.17) is 12.8 Å². The Morgan fingerprint density at radius 2 is 0.667 bits per heavy atom. The van der Waals surface area contributed by atoms with Gasteiger partial charge in [-0.25, -0.2) is 0 Å². The van der Waals surface area contributed by atoms with Crippen molar-refractivity contribution >= 4 is 47.1 Å². The third-order valence-corrected chi connectivity index (χ3v) is 6.29. The maximum atomic E-state index is 5.51. The van der Waals surface area contributed by atoms with Gasteiger partial charge in [0.2, 0.25) is 0 Å². The number of hydrogen-bond donors (Lipinski definition) is 0. The van der Waals surface area contributed by atoms with E-state index in [9.17, 15) is 0 Å². The molecular formula is C34H26N2. The van der Waals surface area contributed by atoms with Gasteiger partial charge in [-0.3, -0.25) is 0 Å². The second-order valence-electron chi connectivity index (χ2n) is 8.48. The molecule has 36 heavy (non-hydrogen) atoms. The number of terminal acetylenes is 2. The van der Waals surface area contributed by atoms with Crippen LogP contribution >= 0.6 is 0 Å². The summed E-state index contributed by atoms with van der Waals surface area (Å²) in [6, 6.07) is 33.3. The molecule has 2 heterocycles.